The van der Waals surface area contributed by atoms with E-state index in [1.165, 1.54) is 36.7 Å². The van der Waals surface area contributed by atoms with E-state index in [4.69, 9.17) is 0 Å². The number of benzene rings is 2. The molecular weight excluding hydrogens is 357 g/mol. The summed E-state index contributed by atoms with van der Waals surface area (Å²) in [6.45, 7) is 6.16. The molecule has 2 N–H and O–H groups in total. The van der Waals surface area contributed by atoms with Crippen LogP contribution in [0.1, 0.15) is 24.3 Å². The molecular formula is C21H22FN5O. The van der Waals surface area contributed by atoms with E-state index in [0.29, 0.717) is 11.5 Å². The lowest BCUT2D eigenvalue weighted by atomic mass is 10.2. The van der Waals surface area contributed by atoms with Crippen molar-refractivity contribution in [2.24, 2.45) is 0 Å². The number of nitrogens with zero attached hydrogens (tertiary/aromatic N) is 3. The Morgan fingerprint density at radius 2 is 1.57 bits per heavy atom. The Morgan fingerprint density at radius 1 is 0.929 bits per heavy atom. The maximum absolute atomic E-state index is 12.9. The summed E-state index contributed by atoms with van der Waals surface area (Å²) in [5.41, 5.74) is 2.71. The van der Waals surface area contributed by atoms with Gasteiger partial charge in [0.15, 0.2) is 0 Å². The second-order valence-electron chi connectivity index (χ2n) is 6.09. The lowest BCUT2D eigenvalue weighted by Crippen LogP contribution is -2.21. The third-order valence-electron chi connectivity index (χ3n) is 4.25. The molecule has 0 atom stereocenters. The van der Waals surface area contributed by atoms with Crippen molar-refractivity contribution >= 4 is 28.8 Å². The Bertz CT molecular complexity index is 907. The molecule has 3 aromatic rings. The Labute approximate surface area is 163 Å². The molecule has 0 saturated carbocycles. The second kappa shape index (κ2) is 8.94. The van der Waals surface area contributed by atoms with Gasteiger partial charge in [-0.3, -0.25) is 4.79 Å². The van der Waals surface area contributed by atoms with Gasteiger partial charge in [0, 0.05) is 30.2 Å². The fraction of sp³-hybridized carbons (Fsp3) is 0.190. The largest absolute Gasteiger partial charge is 0.372 e. The van der Waals surface area contributed by atoms with Crippen LogP contribution in [0.3, 0.4) is 0 Å². The van der Waals surface area contributed by atoms with Crippen LogP contribution in [0.4, 0.5) is 27.3 Å². The van der Waals surface area contributed by atoms with Gasteiger partial charge >= 0.3 is 0 Å². The summed E-state index contributed by atoms with van der Waals surface area (Å²) in [5.74, 6) is -0.235. The molecule has 1 amide bonds. The van der Waals surface area contributed by atoms with Crippen LogP contribution in [-0.4, -0.2) is 29.0 Å². The maximum Gasteiger partial charge on any atom is 0.275 e. The summed E-state index contributed by atoms with van der Waals surface area (Å²) in [7, 11) is 0. The molecule has 0 aliphatic carbocycles. The fourth-order valence-corrected chi connectivity index (χ4v) is 2.73. The molecule has 0 aliphatic heterocycles. The van der Waals surface area contributed by atoms with Gasteiger partial charge in [0.25, 0.3) is 5.91 Å². The van der Waals surface area contributed by atoms with E-state index in [-0.39, 0.29) is 11.5 Å². The molecule has 2 aromatic carbocycles. The predicted molar refractivity (Wildman–Crippen MR) is 110 cm³/mol. The lowest BCUT2D eigenvalue weighted by Gasteiger charge is -2.21. The minimum Gasteiger partial charge on any atom is -0.372 e. The number of carbonyl (C=O) groups is 1. The molecule has 7 heteroatoms. The molecule has 144 valence electrons. The van der Waals surface area contributed by atoms with Crippen LogP contribution >= 0.6 is 0 Å². The summed E-state index contributed by atoms with van der Waals surface area (Å²) in [6, 6.07) is 13.6. The first-order valence-electron chi connectivity index (χ1n) is 9.10. The SMILES string of the molecule is CCN(CC)c1ccc(Nc2cnc(C(=O)Nc3ccc(F)cc3)cn2)cc1. The van der Waals surface area contributed by atoms with Crippen LogP contribution in [0.15, 0.2) is 60.9 Å². The van der Waals surface area contributed by atoms with Crippen molar-refractivity contribution in [3.63, 3.8) is 0 Å². The quantitative estimate of drug-likeness (QED) is 0.634. The van der Waals surface area contributed by atoms with Crippen LogP contribution in [0.2, 0.25) is 0 Å². The normalized spacial score (nSPS) is 10.4. The molecule has 1 heterocycles. The molecule has 0 unspecified atom stereocenters. The van der Waals surface area contributed by atoms with E-state index in [9.17, 15) is 9.18 Å². The number of rotatable bonds is 7. The average molecular weight is 379 g/mol. The van der Waals surface area contributed by atoms with Gasteiger partial charge in [-0.25, -0.2) is 14.4 Å². The van der Waals surface area contributed by atoms with Crippen LogP contribution in [0, 0.1) is 5.82 Å². The second-order valence-corrected chi connectivity index (χ2v) is 6.09. The topological polar surface area (TPSA) is 70.2 Å². The number of hydrogen-bond acceptors (Lipinski definition) is 5. The van der Waals surface area contributed by atoms with Crippen LogP contribution < -0.4 is 15.5 Å². The Morgan fingerprint density at radius 3 is 2.14 bits per heavy atom. The molecule has 0 fully saturated rings. The van der Waals surface area contributed by atoms with Gasteiger partial charge in [-0.15, -0.1) is 0 Å². The Balaban J connectivity index is 1.62. The van der Waals surface area contributed by atoms with E-state index in [1.54, 1.807) is 0 Å². The van der Waals surface area contributed by atoms with Gasteiger partial charge in [0.05, 0.1) is 12.4 Å². The van der Waals surface area contributed by atoms with Gasteiger partial charge < -0.3 is 15.5 Å². The van der Waals surface area contributed by atoms with Crippen molar-refractivity contribution in [3.8, 4) is 0 Å². The minimum absolute atomic E-state index is 0.173. The Hall–Kier alpha value is -3.48. The number of aromatic nitrogens is 2. The highest BCUT2D eigenvalue weighted by Crippen LogP contribution is 2.20. The van der Waals surface area contributed by atoms with Gasteiger partial charge in [0.2, 0.25) is 0 Å². The van der Waals surface area contributed by atoms with Crippen molar-refractivity contribution in [2.75, 3.05) is 28.6 Å². The molecule has 28 heavy (non-hydrogen) atoms. The first-order valence-corrected chi connectivity index (χ1v) is 9.10. The third kappa shape index (κ3) is 4.82. The zero-order valence-electron chi connectivity index (χ0n) is 15.8. The number of carbonyl (C=O) groups excluding carboxylic acids is 1. The zero-order valence-corrected chi connectivity index (χ0v) is 15.8. The van der Waals surface area contributed by atoms with Gasteiger partial charge in [-0.1, -0.05) is 0 Å². The molecule has 0 spiro atoms. The van der Waals surface area contributed by atoms with E-state index in [1.807, 2.05) is 24.3 Å². The molecule has 0 bridgehead atoms. The molecule has 0 aliphatic rings. The highest BCUT2D eigenvalue weighted by Gasteiger charge is 2.09. The van der Waals surface area contributed by atoms with Crippen LogP contribution in [0.5, 0.6) is 0 Å². The van der Waals surface area contributed by atoms with Crippen molar-refractivity contribution in [1.29, 1.82) is 0 Å². The van der Waals surface area contributed by atoms with Crippen LogP contribution in [0.25, 0.3) is 0 Å². The number of hydrogen-bond donors (Lipinski definition) is 2. The molecule has 3 rings (SSSR count). The van der Waals surface area contributed by atoms with E-state index in [2.05, 4.69) is 39.3 Å². The fourth-order valence-electron chi connectivity index (χ4n) is 2.73. The van der Waals surface area contributed by atoms with Gasteiger partial charge in [-0.2, -0.15) is 0 Å². The van der Waals surface area contributed by atoms with Gasteiger partial charge in [-0.05, 0) is 62.4 Å². The Kier molecular flexibility index (Phi) is 6.16. The molecule has 0 saturated heterocycles. The predicted octanol–water partition coefficient (Wildman–Crippen LogP) is 4.46. The molecule has 0 radical (unpaired) electrons. The number of amides is 1. The number of nitrogens with one attached hydrogen (secondary N) is 2. The summed E-state index contributed by atoms with van der Waals surface area (Å²) in [5, 5.41) is 5.81. The van der Waals surface area contributed by atoms with Crippen molar-refractivity contribution in [3.05, 3.63) is 72.4 Å². The van der Waals surface area contributed by atoms with Crippen molar-refractivity contribution in [2.45, 2.75) is 13.8 Å². The monoisotopic (exact) mass is 379 g/mol. The highest BCUT2D eigenvalue weighted by atomic mass is 19.1. The smallest absolute Gasteiger partial charge is 0.275 e. The average Bonchev–Trinajstić information content (AvgIpc) is 2.72. The highest BCUT2D eigenvalue weighted by molar-refractivity contribution is 6.02. The van der Waals surface area contributed by atoms with Crippen LogP contribution in [-0.2, 0) is 0 Å². The van der Waals surface area contributed by atoms with Gasteiger partial charge in [0.1, 0.15) is 17.3 Å². The molecule has 6 nitrogen and oxygen atoms in total. The summed E-state index contributed by atoms with van der Waals surface area (Å²) in [4.78, 5) is 22.8. The van der Waals surface area contributed by atoms with Crippen molar-refractivity contribution in [1.82, 2.24) is 9.97 Å². The van der Waals surface area contributed by atoms with E-state index >= 15 is 0 Å². The van der Waals surface area contributed by atoms with E-state index < -0.39 is 5.91 Å². The standard InChI is InChI=1S/C21H22FN5O/c1-3-27(4-2)18-11-9-16(10-12-18)25-20-14-23-19(13-24-20)21(28)26-17-7-5-15(22)6-8-17/h5-14H,3-4H2,1-2H3,(H,24,25)(H,26,28). The number of halogens is 1. The maximum atomic E-state index is 12.9. The first kappa shape index (κ1) is 19.3. The summed E-state index contributed by atoms with van der Waals surface area (Å²) < 4.78 is 12.9. The summed E-state index contributed by atoms with van der Waals surface area (Å²) in [6.07, 6.45) is 2.89. The zero-order chi connectivity index (χ0) is 19.9. The first-order chi connectivity index (χ1) is 13.6. The third-order valence-corrected chi connectivity index (χ3v) is 4.25. The summed E-state index contributed by atoms with van der Waals surface area (Å²) >= 11 is 0. The minimum atomic E-state index is -0.408. The number of anilines is 4. The van der Waals surface area contributed by atoms with E-state index in [0.717, 1.165) is 24.5 Å². The van der Waals surface area contributed by atoms with Crippen molar-refractivity contribution < 1.29 is 9.18 Å². The molecule has 1 aromatic heterocycles. The lowest BCUT2D eigenvalue weighted by molar-refractivity contribution is 0.102.